The largest absolute Gasteiger partial charge is 0.324 e. The molecule has 0 aliphatic rings. The zero-order chi connectivity index (χ0) is 17.1. The summed E-state index contributed by atoms with van der Waals surface area (Å²) in [7, 11) is 0. The van der Waals surface area contributed by atoms with Gasteiger partial charge >= 0.3 is 0 Å². The van der Waals surface area contributed by atoms with Gasteiger partial charge in [0.05, 0.1) is 22.8 Å². The number of carbonyl (C=O) groups is 1. The molecule has 6 heteroatoms. The Balaban J connectivity index is 1.69. The summed E-state index contributed by atoms with van der Waals surface area (Å²) in [4.78, 5) is 16.6. The first-order valence-corrected chi connectivity index (χ1v) is 8.53. The highest BCUT2D eigenvalue weighted by molar-refractivity contribution is 7.13. The van der Waals surface area contributed by atoms with E-state index < -0.39 is 0 Å². The van der Waals surface area contributed by atoms with Crippen LogP contribution in [0.4, 0.5) is 10.1 Å². The van der Waals surface area contributed by atoms with Gasteiger partial charge in [-0.05, 0) is 36.8 Å². The number of rotatable bonds is 4. The Labute approximate surface area is 148 Å². The van der Waals surface area contributed by atoms with Crippen molar-refractivity contribution in [1.29, 1.82) is 0 Å². The van der Waals surface area contributed by atoms with Crippen LogP contribution in [0.15, 0.2) is 47.8 Å². The highest BCUT2D eigenvalue weighted by atomic mass is 35.5. The van der Waals surface area contributed by atoms with Gasteiger partial charge in [-0.1, -0.05) is 29.8 Å². The Morgan fingerprint density at radius 2 is 2.12 bits per heavy atom. The third kappa shape index (κ3) is 3.99. The summed E-state index contributed by atoms with van der Waals surface area (Å²) in [5, 5.41) is 5.77. The predicted octanol–water partition coefficient (Wildman–Crippen LogP) is 5.09. The fourth-order valence-electron chi connectivity index (χ4n) is 2.22. The van der Waals surface area contributed by atoms with E-state index in [1.165, 1.54) is 23.5 Å². The molecule has 0 unspecified atom stereocenters. The molecule has 0 radical (unpaired) electrons. The maximum absolute atomic E-state index is 13.3. The number of halogens is 2. The summed E-state index contributed by atoms with van der Waals surface area (Å²) in [5.41, 5.74) is 2.94. The molecule has 0 atom stereocenters. The minimum Gasteiger partial charge on any atom is -0.324 e. The number of carbonyl (C=O) groups excluding carboxylic acids is 1. The van der Waals surface area contributed by atoms with E-state index >= 15 is 0 Å². The lowest BCUT2D eigenvalue weighted by Gasteiger charge is -2.07. The van der Waals surface area contributed by atoms with Gasteiger partial charge in [0, 0.05) is 10.9 Å². The number of benzene rings is 2. The summed E-state index contributed by atoms with van der Waals surface area (Å²) < 4.78 is 13.3. The van der Waals surface area contributed by atoms with Gasteiger partial charge in [-0.25, -0.2) is 9.37 Å². The molecule has 1 heterocycles. The standard InChI is InChI=1S/C18H14ClFN2OS/c1-11-5-6-16(15(19)7-11)22-17(23)9-14-10-24-18(21-14)12-3-2-4-13(20)8-12/h2-8,10H,9H2,1H3,(H,22,23). The number of hydrogen-bond acceptors (Lipinski definition) is 3. The molecule has 0 aliphatic carbocycles. The number of anilines is 1. The summed E-state index contributed by atoms with van der Waals surface area (Å²) in [6, 6.07) is 11.7. The molecule has 0 fully saturated rings. The van der Waals surface area contributed by atoms with E-state index in [-0.39, 0.29) is 18.1 Å². The van der Waals surface area contributed by atoms with Crippen LogP contribution in [0.3, 0.4) is 0 Å². The van der Waals surface area contributed by atoms with Crippen LogP contribution in [0.25, 0.3) is 10.6 Å². The third-order valence-electron chi connectivity index (χ3n) is 3.36. The van der Waals surface area contributed by atoms with E-state index in [4.69, 9.17) is 11.6 Å². The molecule has 3 rings (SSSR count). The topological polar surface area (TPSA) is 42.0 Å². The smallest absolute Gasteiger partial charge is 0.230 e. The van der Waals surface area contributed by atoms with Crippen LogP contribution >= 0.6 is 22.9 Å². The molecule has 0 saturated heterocycles. The quantitative estimate of drug-likeness (QED) is 0.704. The molecule has 2 aromatic carbocycles. The molecule has 3 aromatic rings. The summed E-state index contributed by atoms with van der Waals surface area (Å²) >= 11 is 7.49. The molecule has 0 bridgehead atoms. The fourth-order valence-corrected chi connectivity index (χ4v) is 3.32. The molecule has 1 N–H and O–H groups in total. The molecule has 3 nitrogen and oxygen atoms in total. The monoisotopic (exact) mass is 360 g/mol. The molecule has 0 saturated carbocycles. The van der Waals surface area contributed by atoms with Gasteiger partial charge in [-0.2, -0.15) is 0 Å². The fraction of sp³-hybridized carbons (Fsp3) is 0.111. The summed E-state index contributed by atoms with van der Waals surface area (Å²) in [6.45, 7) is 1.93. The van der Waals surface area contributed by atoms with Crippen molar-refractivity contribution in [1.82, 2.24) is 4.98 Å². The maximum Gasteiger partial charge on any atom is 0.230 e. The first kappa shape index (κ1) is 16.6. The SMILES string of the molecule is Cc1ccc(NC(=O)Cc2csc(-c3cccc(F)c3)n2)c(Cl)c1. The van der Waals surface area contributed by atoms with Crippen LogP contribution in [0.5, 0.6) is 0 Å². The molecule has 122 valence electrons. The molecule has 0 spiro atoms. The second-order valence-electron chi connectivity index (χ2n) is 5.36. The zero-order valence-electron chi connectivity index (χ0n) is 12.8. The lowest BCUT2D eigenvalue weighted by Crippen LogP contribution is -2.14. The second kappa shape index (κ2) is 7.11. The Morgan fingerprint density at radius 3 is 2.88 bits per heavy atom. The average Bonchev–Trinajstić information content (AvgIpc) is 2.98. The van der Waals surface area contributed by atoms with E-state index in [9.17, 15) is 9.18 Å². The van der Waals surface area contributed by atoms with Crippen molar-refractivity contribution >= 4 is 34.5 Å². The normalized spacial score (nSPS) is 10.6. The molecular formula is C18H14ClFN2OS. The van der Waals surface area contributed by atoms with Crippen LogP contribution in [-0.2, 0) is 11.2 Å². The van der Waals surface area contributed by atoms with Crippen molar-refractivity contribution in [3.05, 3.63) is 69.9 Å². The van der Waals surface area contributed by atoms with E-state index in [0.717, 1.165) is 5.56 Å². The summed E-state index contributed by atoms with van der Waals surface area (Å²) in [5.74, 6) is -0.507. The van der Waals surface area contributed by atoms with Gasteiger partial charge in [0.2, 0.25) is 5.91 Å². The predicted molar refractivity (Wildman–Crippen MR) is 96.0 cm³/mol. The van der Waals surface area contributed by atoms with Gasteiger partial charge < -0.3 is 5.32 Å². The van der Waals surface area contributed by atoms with Gasteiger partial charge in [0.25, 0.3) is 0 Å². The minimum atomic E-state index is -0.309. The Morgan fingerprint density at radius 1 is 1.29 bits per heavy atom. The highest BCUT2D eigenvalue weighted by Gasteiger charge is 2.11. The molecular weight excluding hydrogens is 347 g/mol. The Hall–Kier alpha value is -2.24. The zero-order valence-corrected chi connectivity index (χ0v) is 14.4. The lowest BCUT2D eigenvalue weighted by atomic mass is 10.2. The van der Waals surface area contributed by atoms with Crippen LogP contribution < -0.4 is 5.32 Å². The Kier molecular flexibility index (Phi) is 4.92. The number of hydrogen-bond donors (Lipinski definition) is 1. The van der Waals surface area contributed by atoms with Gasteiger partial charge in [-0.3, -0.25) is 4.79 Å². The van der Waals surface area contributed by atoms with Gasteiger partial charge in [0.15, 0.2) is 0 Å². The van der Waals surface area contributed by atoms with Crippen molar-refractivity contribution < 1.29 is 9.18 Å². The van der Waals surface area contributed by atoms with Crippen molar-refractivity contribution in [2.45, 2.75) is 13.3 Å². The highest BCUT2D eigenvalue weighted by Crippen LogP contribution is 2.25. The first-order chi connectivity index (χ1) is 11.5. The van der Waals surface area contributed by atoms with Gasteiger partial charge in [0.1, 0.15) is 10.8 Å². The van der Waals surface area contributed by atoms with Crippen LogP contribution in [0.1, 0.15) is 11.3 Å². The Bertz CT molecular complexity index is 894. The van der Waals surface area contributed by atoms with Crippen molar-refractivity contribution in [3.8, 4) is 10.6 Å². The van der Waals surface area contributed by atoms with Gasteiger partial charge in [-0.15, -0.1) is 11.3 Å². The summed E-state index contributed by atoms with van der Waals surface area (Å²) in [6.07, 6.45) is 0.135. The van der Waals surface area contributed by atoms with Crippen LogP contribution in [0, 0.1) is 12.7 Å². The van der Waals surface area contributed by atoms with Crippen molar-refractivity contribution in [2.75, 3.05) is 5.32 Å². The van der Waals surface area contributed by atoms with Crippen molar-refractivity contribution in [2.24, 2.45) is 0 Å². The lowest BCUT2D eigenvalue weighted by molar-refractivity contribution is -0.115. The number of aromatic nitrogens is 1. The van der Waals surface area contributed by atoms with E-state index in [0.29, 0.717) is 27.0 Å². The third-order valence-corrected chi connectivity index (χ3v) is 4.62. The number of thiazole rings is 1. The van der Waals surface area contributed by atoms with E-state index in [1.807, 2.05) is 13.0 Å². The molecule has 1 aromatic heterocycles. The molecule has 0 aliphatic heterocycles. The van der Waals surface area contributed by atoms with Crippen LogP contribution in [0.2, 0.25) is 5.02 Å². The maximum atomic E-state index is 13.3. The first-order valence-electron chi connectivity index (χ1n) is 7.27. The minimum absolute atomic E-state index is 0.135. The van der Waals surface area contributed by atoms with Crippen LogP contribution in [-0.4, -0.2) is 10.9 Å². The number of nitrogens with one attached hydrogen (secondary N) is 1. The molecule has 24 heavy (non-hydrogen) atoms. The number of nitrogens with zero attached hydrogens (tertiary/aromatic N) is 1. The molecule has 1 amide bonds. The average molecular weight is 361 g/mol. The van der Waals surface area contributed by atoms with E-state index in [2.05, 4.69) is 10.3 Å². The van der Waals surface area contributed by atoms with Crippen molar-refractivity contribution in [3.63, 3.8) is 0 Å². The number of aryl methyl sites for hydroxylation is 1. The number of amides is 1. The second-order valence-corrected chi connectivity index (χ2v) is 6.63. The van der Waals surface area contributed by atoms with E-state index in [1.54, 1.807) is 29.6 Å².